The molecule has 2 aliphatic rings. The van der Waals surface area contributed by atoms with E-state index in [-0.39, 0.29) is 30.2 Å². The number of carbonyl (C=O) groups is 3. The second kappa shape index (κ2) is 6.56. The summed E-state index contributed by atoms with van der Waals surface area (Å²) in [5.74, 6) is -1.18. The molecule has 1 heterocycles. The molecule has 0 aromatic heterocycles. The fourth-order valence-corrected chi connectivity index (χ4v) is 3.28. The molecule has 2 amide bonds. The number of carbonyl (C=O) groups excluding carboxylic acids is 2. The number of likely N-dealkylation sites (tertiary alicyclic amines) is 1. The second-order valence-electron chi connectivity index (χ2n) is 6.48. The summed E-state index contributed by atoms with van der Waals surface area (Å²) in [6.07, 6.45) is 4.36. The Kier molecular flexibility index (Phi) is 4.98. The van der Waals surface area contributed by atoms with Gasteiger partial charge in [0.1, 0.15) is 6.04 Å². The van der Waals surface area contributed by atoms with Gasteiger partial charge in [0.25, 0.3) is 0 Å². The molecule has 2 fully saturated rings. The van der Waals surface area contributed by atoms with Gasteiger partial charge in [0.2, 0.25) is 11.8 Å². The number of imide groups is 1. The molecular weight excluding hydrogens is 272 g/mol. The van der Waals surface area contributed by atoms with E-state index in [2.05, 4.69) is 5.32 Å². The van der Waals surface area contributed by atoms with Crippen molar-refractivity contribution in [3.05, 3.63) is 0 Å². The van der Waals surface area contributed by atoms with Crippen LogP contribution in [0.2, 0.25) is 0 Å². The van der Waals surface area contributed by atoms with E-state index in [1.165, 1.54) is 4.90 Å². The van der Waals surface area contributed by atoms with Crippen molar-refractivity contribution in [3.63, 3.8) is 0 Å². The molecule has 0 aromatic rings. The molecule has 2 N–H and O–H groups in total. The maximum Gasteiger partial charge on any atom is 0.320 e. The highest BCUT2D eigenvalue weighted by Crippen LogP contribution is 2.28. The lowest BCUT2D eigenvalue weighted by atomic mass is 10.0. The van der Waals surface area contributed by atoms with Gasteiger partial charge in [0, 0.05) is 6.04 Å². The first-order chi connectivity index (χ1) is 9.90. The molecule has 1 aliphatic heterocycles. The summed E-state index contributed by atoms with van der Waals surface area (Å²) in [6.45, 7) is 3.87. The Morgan fingerprint density at radius 2 is 1.95 bits per heavy atom. The van der Waals surface area contributed by atoms with Crippen LogP contribution in [-0.2, 0) is 14.4 Å². The Labute approximate surface area is 124 Å². The van der Waals surface area contributed by atoms with Gasteiger partial charge in [-0.1, -0.05) is 26.7 Å². The van der Waals surface area contributed by atoms with E-state index in [4.69, 9.17) is 0 Å². The average Bonchev–Trinajstić information content (AvgIpc) is 2.97. The van der Waals surface area contributed by atoms with E-state index in [1.54, 1.807) is 0 Å². The van der Waals surface area contributed by atoms with Crippen LogP contribution in [0.15, 0.2) is 0 Å². The predicted octanol–water partition coefficient (Wildman–Crippen LogP) is 1.15. The van der Waals surface area contributed by atoms with Gasteiger partial charge in [-0.2, -0.15) is 0 Å². The van der Waals surface area contributed by atoms with E-state index in [9.17, 15) is 19.5 Å². The largest absolute Gasteiger partial charge is 0.480 e. The van der Waals surface area contributed by atoms with Crippen LogP contribution in [0.25, 0.3) is 0 Å². The average molecular weight is 296 g/mol. The molecule has 0 spiro atoms. The molecule has 1 aliphatic carbocycles. The van der Waals surface area contributed by atoms with Crippen LogP contribution in [-0.4, -0.2) is 45.9 Å². The van der Waals surface area contributed by atoms with Crippen LogP contribution >= 0.6 is 0 Å². The predicted molar refractivity (Wildman–Crippen MR) is 76.5 cm³/mol. The van der Waals surface area contributed by atoms with E-state index < -0.39 is 18.1 Å². The summed E-state index contributed by atoms with van der Waals surface area (Å²) in [4.78, 5) is 37.1. The van der Waals surface area contributed by atoms with Crippen LogP contribution in [0.3, 0.4) is 0 Å². The van der Waals surface area contributed by atoms with Crippen molar-refractivity contribution < 1.29 is 19.5 Å². The number of hydrogen-bond acceptors (Lipinski definition) is 4. The Morgan fingerprint density at radius 1 is 1.33 bits per heavy atom. The van der Waals surface area contributed by atoms with E-state index >= 15 is 0 Å². The minimum atomic E-state index is -0.969. The minimum absolute atomic E-state index is 0.0187. The maximum absolute atomic E-state index is 12.4. The Bertz CT molecular complexity index is 429. The van der Waals surface area contributed by atoms with E-state index in [0.29, 0.717) is 6.42 Å². The molecule has 118 valence electrons. The summed E-state index contributed by atoms with van der Waals surface area (Å²) >= 11 is 0. The third-order valence-corrected chi connectivity index (χ3v) is 4.28. The molecule has 0 aromatic carbocycles. The highest BCUT2D eigenvalue weighted by molar-refractivity contribution is 6.06. The first-order valence-corrected chi connectivity index (χ1v) is 7.75. The zero-order valence-electron chi connectivity index (χ0n) is 12.7. The number of carboxylic acids is 1. The van der Waals surface area contributed by atoms with Crippen molar-refractivity contribution >= 4 is 17.8 Å². The summed E-state index contributed by atoms with van der Waals surface area (Å²) in [5.41, 5.74) is 0. The van der Waals surface area contributed by atoms with Crippen molar-refractivity contribution in [1.29, 1.82) is 0 Å². The van der Waals surface area contributed by atoms with Gasteiger partial charge in [-0.05, 0) is 25.2 Å². The highest BCUT2D eigenvalue weighted by Gasteiger charge is 2.44. The lowest BCUT2D eigenvalue weighted by molar-refractivity contribution is -0.141. The first kappa shape index (κ1) is 15.9. The van der Waals surface area contributed by atoms with Crippen LogP contribution < -0.4 is 5.32 Å². The lowest BCUT2D eigenvalue weighted by Crippen LogP contribution is -2.49. The molecule has 2 atom stereocenters. The van der Waals surface area contributed by atoms with E-state index in [0.717, 1.165) is 25.7 Å². The molecule has 0 bridgehead atoms. The zero-order valence-corrected chi connectivity index (χ0v) is 12.7. The number of amides is 2. The van der Waals surface area contributed by atoms with Crippen molar-refractivity contribution in [1.82, 2.24) is 10.2 Å². The van der Waals surface area contributed by atoms with E-state index in [1.807, 2.05) is 13.8 Å². The van der Waals surface area contributed by atoms with Gasteiger partial charge < -0.3 is 5.11 Å². The summed E-state index contributed by atoms with van der Waals surface area (Å²) in [5, 5.41) is 12.1. The fraction of sp³-hybridized carbons (Fsp3) is 0.800. The standard InChI is InChI=1S/C15H24N2O4/c1-9(2)7-12(15(20)21)16-11-8-13(18)17(14(11)19)10-5-3-4-6-10/h9-12,16H,3-8H2,1-2H3,(H,20,21). The minimum Gasteiger partial charge on any atom is -0.480 e. The Morgan fingerprint density at radius 3 is 2.48 bits per heavy atom. The van der Waals surface area contributed by atoms with Crippen LogP contribution in [0.4, 0.5) is 0 Å². The highest BCUT2D eigenvalue weighted by atomic mass is 16.4. The Balaban J connectivity index is 2.02. The molecule has 1 saturated heterocycles. The molecule has 21 heavy (non-hydrogen) atoms. The van der Waals surface area contributed by atoms with Gasteiger partial charge >= 0.3 is 5.97 Å². The van der Waals surface area contributed by atoms with Crippen LogP contribution in [0, 0.1) is 5.92 Å². The Hall–Kier alpha value is -1.43. The second-order valence-corrected chi connectivity index (χ2v) is 6.48. The summed E-state index contributed by atoms with van der Waals surface area (Å²) in [7, 11) is 0. The third kappa shape index (κ3) is 3.61. The van der Waals surface area contributed by atoms with Gasteiger partial charge in [0.05, 0.1) is 12.5 Å². The number of carboxylic acid groups (broad SMARTS) is 1. The fourth-order valence-electron chi connectivity index (χ4n) is 3.28. The van der Waals surface area contributed by atoms with Crippen molar-refractivity contribution in [2.75, 3.05) is 0 Å². The summed E-state index contributed by atoms with van der Waals surface area (Å²) in [6, 6.07) is -1.45. The van der Waals surface area contributed by atoms with Crippen LogP contribution in [0.5, 0.6) is 0 Å². The quantitative estimate of drug-likeness (QED) is 0.718. The number of aliphatic carboxylic acids is 1. The number of nitrogens with zero attached hydrogens (tertiary/aromatic N) is 1. The first-order valence-electron chi connectivity index (χ1n) is 7.75. The normalized spacial score (nSPS) is 25.1. The zero-order chi connectivity index (χ0) is 15.6. The van der Waals surface area contributed by atoms with Gasteiger partial charge in [-0.3, -0.25) is 24.6 Å². The molecule has 6 heteroatoms. The molecule has 0 radical (unpaired) electrons. The topological polar surface area (TPSA) is 86.7 Å². The van der Waals surface area contributed by atoms with Gasteiger partial charge in [-0.25, -0.2) is 0 Å². The molecule has 2 unspecified atom stereocenters. The molecule has 1 saturated carbocycles. The smallest absolute Gasteiger partial charge is 0.320 e. The number of hydrogen-bond donors (Lipinski definition) is 2. The maximum atomic E-state index is 12.4. The monoisotopic (exact) mass is 296 g/mol. The third-order valence-electron chi connectivity index (χ3n) is 4.28. The molecule has 2 rings (SSSR count). The summed E-state index contributed by atoms with van der Waals surface area (Å²) < 4.78 is 0. The van der Waals surface area contributed by atoms with Gasteiger partial charge in [0.15, 0.2) is 0 Å². The lowest BCUT2D eigenvalue weighted by Gasteiger charge is -2.23. The van der Waals surface area contributed by atoms with Crippen LogP contribution in [0.1, 0.15) is 52.4 Å². The van der Waals surface area contributed by atoms with Gasteiger partial charge in [-0.15, -0.1) is 0 Å². The number of rotatable bonds is 6. The number of nitrogens with one attached hydrogen (secondary N) is 1. The van der Waals surface area contributed by atoms with Crippen molar-refractivity contribution in [2.24, 2.45) is 5.92 Å². The molecule has 6 nitrogen and oxygen atoms in total. The van der Waals surface area contributed by atoms with Crippen molar-refractivity contribution in [2.45, 2.75) is 70.5 Å². The molecular formula is C15H24N2O4. The van der Waals surface area contributed by atoms with Crippen molar-refractivity contribution in [3.8, 4) is 0 Å². The SMILES string of the molecule is CC(C)CC(NC1CC(=O)N(C2CCCC2)C1=O)C(=O)O.